The van der Waals surface area contributed by atoms with Crippen LogP contribution in [0.15, 0.2) is 66.7 Å². The highest BCUT2D eigenvalue weighted by atomic mass is 28.3. The maximum absolute atomic E-state index is 15.3. The normalized spacial score (nSPS) is 24.7. The molecule has 0 saturated carbocycles. The molecule has 3 aromatic carbocycles. The van der Waals surface area contributed by atoms with E-state index in [1.165, 1.54) is 7.11 Å². The second kappa shape index (κ2) is 16.1. The number of methoxy groups -OCH3 is 2. The van der Waals surface area contributed by atoms with Crippen molar-refractivity contribution < 1.29 is 38.5 Å². The summed E-state index contributed by atoms with van der Waals surface area (Å²) in [6, 6.07) is 21.7. The van der Waals surface area contributed by atoms with Gasteiger partial charge >= 0.3 is 5.97 Å². The number of fused-ring (bicyclic) bond motifs is 3. The van der Waals surface area contributed by atoms with Crippen molar-refractivity contribution in [3.05, 3.63) is 83.4 Å². The number of carbonyl (C=O) groups excluding carboxylic acids is 4. The number of aliphatic hydroxyl groups excluding tert-OH is 1. The average molecular weight is 782 g/mol. The van der Waals surface area contributed by atoms with Gasteiger partial charge in [-0.2, -0.15) is 0 Å². The third-order valence-electron chi connectivity index (χ3n) is 13.0. The lowest BCUT2D eigenvalue weighted by Gasteiger charge is -2.39. The molecule has 1 N–H and O–H groups in total. The van der Waals surface area contributed by atoms with Gasteiger partial charge < -0.3 is 34.0 Å². The number of anilines is 2. The first-order valence-electron chi connectivity index (χ1n) is 20.1. The van der Waals surface area contributed by atoms with Gasteiger partial charge in [0, 0.05) is 49.6 Å². The molecule has 4 aliphatic heterocycles. The summed E-state index contributed by atoms with van der Waals surface area (Å²) >= 11 is 0. The van der Waals surface area contributed by atoms with Crippen LogP contribution in [-0.2, 0) is 47.2 Å². The largest absolute Gasteiger partial charge is 0.497 e. The molecule has 7 rings (SSSR count). The monoisotopic (exact) mass is 781 g/mol. The van der Waals surface area contributed by atoms with Crippen molar-refractivity contribution in [1.82, 2.24) is 4.90 Å². The zero-order valence-electron chi connectivity index (χ0n) is 33.3. The van der Waals surface area contributed by atoms with E-state index in [2.05, 4.69) is 38.2 Å². The molecule has 0 radical (unpaired) electrons. The van der Waals surface area contributed by atoms with Gasteiger partial charge in [-0.1, -0.05) is 61.6 Å². The number of esters is 1. The van der Waals surface area contributed by atoms with Crippen LogP contribution in [0.2, 0.25) is 18.6 Å². The maximum Gasteiger partial charge on any atom is 0.305 e. The van der Waals surface area contributed by atoms with Crippen LogP contribution in [0.3, 0.4) is 0 Å². The van der Waals surface area contributed by atoms with E-state index >= 15 is 4.79 Å². The minimum absolute atomic E-state index is 0.0497. The minimum Gasteiger partial charge on any atom is -0.497 e. The molecule has 56 heavy (non-hydrogen) atoms. The molecule has 2 fully saturated rings. The fourth-order valence-corrected chi connectivity index (χ4v) is 14.0. The molecule has 2 saturated heterocycles. The summed E-state index contributed by atoms with van der Waals surface area (Å²) in [4.78, 5) is 60.5. The molecule has 12 heteroatoms. The van der Waals surface area contributed by atoms with Crippen LogP contribution in [0.1, 0.15) is 68.6 Å². The number of unbranched alkanes of at least 4 members (excludes halogenated alkanes) is 1. The Morgan fingerprint density at radius 2 is 1.73 bits per heavy atom. The lowest BCUT2D eigenvalue weighted by molar-refractivity contribution is -0.151. The van der Waals surface area contributed by atoms with E-state index in [1.807, 2.05) is 53.4 Å². The van der Waals surface area contributed by atoms with E-state index in [0.717, 1.165) is 51.8 Å². The lowest BCUT2D eigenvalue weighted by Crippen LogP contribution is -2.52. The fraction of sp³-hybridized carbons (Fsp3) is 0.500. The lowest BCUT2D eigenvalue weighted by atomic mass is 9.82. The van der Waals surface area contributed by atoms with Crippen LogP contribution < -0.4 is 19.7 Å². The third kappa shape index (κ3) is 7.04. The van der Waals surface area contributed by atoms with E-state index in [-0.39, 0.29) is 60.6 Å². The van der Waals surface area contributed by atoms with E-state index < -0.39 is 19.8 Å². The molecule has 4 aliphatic rings. The smallest absolute Gasteiger partial charge is 0.305 e. The Morgan fingerprint density at radius 3 is 2.43 bits per heavy atom. The van der Waals surface area contributed by atoms with Crippen LogP contribution in [0.25, 0.3) is 0 Å². The molecular formula is C44H55N3O8Si. The Bertz CT molecular complexity index is 1970. The van der Waals surface area contributed by atoms with E-state index in [1.54, 1.807) is 16.9 Å². The average Bonchev–Trinajstić information content (AvgIpc) is 3.64. The Labute approximate surface area is 330 Å². The number of aliphatic hydroxyl groups is 1. The van der Waals surface area contributed by atoms with Crippen molar-refractivity contribution in [2.24, 2.45) is 5.92 Å². The first kappa shape index (κ1) is 39.7. The highest BCUT2D eigenvalue weighted by Crippen LogP contribution is 2.60. The van der Waals surface area contributed by atoms with Crippen LogP contribution in [0.4, 0.5) is 11.4 Å². The number of carbonyl (C=O) groups is 4. The molecule has 4 heterocycles. The predicted octanol–water partition coefficient (Wildman–Crippen LogP) is 5.45. The minimum atomic E-state index is -2.57. The maximum atomic E-state index is 15.3. The number of hydrogen-bond acceptors (Lipinski definition) is 8. The molecule has 298 valence electrons. The molecule has 0 aromatic heterocycles. The quantitative estimate of drug-likeness (QED) is 0.146. The highest BCUT2D eigenvalue weighted by molar-refractivity contribution is 6.91. The third-order valence-corrected chi connectivity index (χ3v) is 17.3. The summed E-state index contributed by atoms with van der Waals surface area (Å²) in [5.41, 5.74) is 2.80. The number of amides is 3. The van der Waals surface area contributed by atoms with E-state index in [9.17, 15) is 19.5 Å². The number of ether oxygens (including phenoxy) is 3. The van der Waals surface area contributed by atoms with E-state index in [4.69, 9.17) is 14.2 Å². The second-order valence-electron chi connectivity index (χ2n) is 16.4. The Balaban J connectivity index is 1.30. The summed E-state index contributed by atoms with van der Waals surface area (Å²) in [5, 5.41) is 11.7. The first-order valence-corrected chi connectivity index (χ1v) is 23.2. The first-order chi connectivity index (χ1) is 26.9. The van der Waals surface area contributed by atoms with Crippen LogP contribution in [-0.4, -0.2) is 87.8 Å². The summed E-state index contributed by atoms with van der Waals surface area (Å²) < 4.78 is 17.7. The fourth-order valence-electron chi connectivity index (χ4n) is 9.94. The summed E-state index contributed by atoms with van der Waals surface area (Å²) in [5.74, 6) is -0.126. The molecular weight excluding hydrogens is 727 g/mol. The SMILES string of the molecule is COC(=O)CCCCN1C(=O)[C@@]2(O[C@@H](CC(=O)N3Cc4ccccc4C[C@H]3CO)[C@H]([Si](C)(C)c3ccc(OC)cc3)[C@H]2C)c2cc(N3CCCCC3=O)ccc21. The van der Waals surface area contributed by atoms with Gasteiger partial charge in [0.1, 0.15) is 5.75 Å². The van der Waals surface area contributed by atoms with Gasteiger partial charge in [0.25, 0.3) is 5.91 Å². The van der Waals surface area contributed by atoms with Crippen molar-refractivity contribution in [2.75, 3.05) is 43.7 Å². The van der Waals surface area contributed by atoms with Crippen molar-refractivity contribution in [1.29, 1.82) is 0 Å². The van der Waals surface area contributed by atoms with Gasteiger partial charge in [-0.3, -0.25) is 19.2 Å². The molecule has 3 amide bonds. The van der Waals surface area contributed by atoms with Crippen molar-refractivity contribution >= 4 is 48.3 Å². The summed E-state index contributed by atoms with van der Waals surface area (Å²) in [6.07, 6.45) is 3.61. The van der Waals surface area contributed by atoms with Crippen LogP contribution in [0.5, 0.6) is 5.75 Å². The van der Waals surface area contributed by atoms with Crippen molar-refractivity contribution in [2.45, 2.75) is 101 Å². The number of piperidine rings is 1. The van der Waals surface area contributed by atoms with Crippen LogP contribution in [0, 0.1) is 5.92 Å². The van der Waals surface area contributed by atoms with E-state index in [0.29, 0.717) is 45.3 Å². The molecule has 1 spiro atoms. The number of rotatable bonds is 12. The Kier molecular flexibility index (Phi) is 11.4. The summed E-state index contributed by atoms with van der Waals surface area (Å²) in [6.45, 7) is 7.90. The number of hydrogen-bond donors (Lipinski definition) is 1. The molecule has 5 atom stereocenters. The molecule has 3 aromatic rings. The number of nitrogens with zero attached hydrogens (tertiary/aromatic N) is 3. The predicted molar refractivity (Wildman–Crippen MR) is 217 cm³/mol. The van der Waals surface area contributed by atoms with Gasteiger partial charge in [0.15, 0.2) is 5.60 Å². The van der Waals surface area contributed by atoms with Gasteiger partial charge in [-0.05, 0) is 79.1 Å². The van der Waals surface area contributed by atoms with Crippen molar-refractivity contribution in [3.8, 4) is 5.75 Å². The second-order valence-corrected chi connectivity index (χ2v) is 21.1. The van der Waals surface area contributed by atoms with Crippen molar-refractivity contribution in [3.63, 3.8) is 0 Å². The van der Waals surface area contributed by atoms with Crippen LogP contribution >= 0.6 is 0 Å². The number of benzene rings is 3. The van der Waals surface area contributed by atoms with Gasteiger partial charge in [-0.15, -0.1) is 0 Å². The zero-order valence-corrected chi connectivity index (χ0v) is 34.3. The standard InChI is InChI=1S/C44H55N3O8Si/c1-29-42(56(4,5)35-19-17-34(53-2)18-20-35)38(26-40(50)47-27-31-13-7-6-12-30(31)24-33(47)28-48)55-44(29)36-25-32(45-22-10-8-14-39(45)49)16-21-37(36)46(43(44)52)23-11-9-15-41(51)54-3/h6-7,12-13,16-21,25,29,33,38,42,48H,8-11,14-15,22-24,26-28H2,1-5H3/t29-,33+,38+,42-,44+/m1/s1. The molecule has 0 aliphatic carbocycles. The highest BCUT2D eigenvalue weighted by Gasteiger charge is 2.66. The Hall–Kier alpha value is -4.52. The van der Waals surface area contributed by atoms with Gasteiger partial charge in [-0.25, -0.2) is 0 Å². The zero-order chi connectivity index (χ0) is 39.8. The summed E-state index contributed by atoms with van der Waals surface area (Å²) in [7, 11) is 0.451. The van der Waals surface area contributed by atoms with Gasteiger partial charge in [0.05, 0.1) is 53.2 Å². The molecule has 0 unspecified atom stereocenters. The topological polar surface area (TPSA) is 126 Å². The molecule has 11 nitrogen and oxygen atoms in total. The van der Waals surface area contributed by atoms with Gasteiger partial charge in [0.2, 0.25) is 11.8 Å². The molecule has 0 bridgehead atoms. The Morgan fingerprint density at radius 1 is 0.982 bits per heavy atom.